The maximum atomic E-state index is 12.6. The van der Waals surface area contributed by atoms with Crippen LogP contribution in [0.3, 0.4) is 0 Å². The van der Waals surface area contributed by atoms with Crippen LogP contribution in [-0.4, -0.2) is 38.2 Å². The van der Waals surface area contributed by atoms with Gasteiger partial charge in [0.1, 0.15) is 5.75 Å². The second-order valence-electron chi connectivity index (χ2n) is 6.91. The SMILES string of the molecule is C=CC1c2ccccc2/C=C(C(=O)OC)\C(C(=O)OC)=C/N1Cc1ccc(OC)cc1. The summed E-state index contributed by atoms with van der Waals surface area (Å²) < 4.78 is 15.2. The highest BCUT2D eigenvalue weighted by Crippen LogP contribution is 2.33. The van der Waals surface area contributed by atoms with E-state index in [0.717, 1.165) is 22.4 Å². The number of hydrogen-bond donors (Lipinski definition) is 0. The molecule has 1 aliphatic heterocycles. The van der Waals surface area contributed by atoms with Gasteiger partial charge in [-0.15, -0.1) is 6.58 Å². The Morgan fingerprint density at radius 1 is 0.968 bits per heavy atom. The van der Waals surface area contributed by atoms with Crippen LogP contribution in [0.25, 0.3) is 6.08 Å². The van der Waals surface area contributed by atoms with Gasteiger partial charge in [0.05, 0.1) is 38.5 Å². The van der Waals surface area contributed by atoms with Crippen molar-refractivity contribution in [1.82, 2.24) is 4.90 Å². The maximum absolute atomic E-state index is 12.6. The average molecular weight is 419 g/mol. The summed E-state index contributed by atoms with van der Waals surface area (Å²) in [5.41, 5.74) is 2.98. The topological polar surface area (TPSA) is 65.1 Å². The number of carbonyl (C=O) groups excluding carboxylic acids is 2. The van der Waals surface area contributed by atoms with Crippen LogP contribution >= 0.6 is 0 Å². The minimum absolute atomic E-state index is 0.115. The number of fused-ring (bicyclic) bond motifs is 1. The molecule has 0 saturated heterocycles. The van der Waals surface area contributed by atoms with Crippen LogP contribution in [0.15, 0.2) is 78.5 Å². The molecular formula is C25H25NO5. The van der Waals surface area contributed by atoms with E-state index in [0.29, 0.717) is 6.54 Å². The minimum Gasteiger partial charge on any atom is -0.497 e. The summed E-state index contributed by atoms with van der Waals surface area (Å²) >= 11 is 0. The van der Waals surface area contributed by atoms with Crippen molar-refractivity contribution in [2.24, 2.45) is 0 Å². The lowest BCUT2D eigenvalue weighted by Crippen LogP contribution is -2.27. The predicted octanol–water partition coefficient (Wildman–Crippen LogP) is 4.05. The molecule has 2 aromatic carbocycles. The molecule has 6 heteroatoms. The van der Waals surface area contributed by atoms with Gasteiger partial charge in [0, 0.05) is 12.7 Å². The van der Waals surface area contributed by atoms with Crippen LogP contribution in [0.4, 0.5) is 0 Å². The van der Waals surface area contributed by atoms with Gasteiger partial charge in [-0.2, -0.15) is 0 Å². The van der Waals surface area contributed by atoms with Crippen molar-refractivity contribution in [2.45, 2.75) is 12.6 Å². The molecule has 0 spiro atoms. The number of nitrogens with zero attached hydrogens (tertiary/aromatic N) is 1. The summed E-state index contributed by atoms with van der Waals surface area (Å²) in [6.07, 6.45) is 5.11. The number of carbonyl (C=O) groups is 2. The van der Waals surface area contributed by atoms with E-state index in [-0.39, 0.29) is 17.2 Å². The van der Waals surface area contributed by atoms with Crippen LogP contribution in [0, 0.1) is 0 Å². The zero-order chi connectivity index (χ0) is 22.4. The molecule has 1 unspecified atom stereocenters. The smallest absolute Gasteiger partial charge is 0.340 e. The third-order valence-electron chi connectivity index (χ3n) is 5.11. The number of ether oxygens (including phenoxy) is 3. The second-order valence-corrected chi connectivity index (χ2v) is 6.91. The summed E-state index contributed by atoms with van der Waals surface area (Å²) in [6, 6.07) is 15.1. The first-order valence-corrected chi connectivity index (χ1v) is 9.73. The van der Waals surface area contributed by atoms with Gasteiger partial charge < -0.3 is 19.1 Å². The summed E-state index contributed by atoms with van der Waals surface area (Å²) in [5, 5.41) is 0. The molecule has 0 N–H and O–H groups in total. The lowest BCUT2D eigenvalue weighted by molar-refractivity contribution is -0.139. The van der Waals surface area contributed by atoms with Gasteiger partial charge in [-0.1, -0.05) is 42.5 Å². The third-order valence-corrected chi connectivity index (χ3v) is 5.11. The number of esters is 2. The predicted molar refractivity (Wildman–Crippen MR) is 118 cm³/mol. The van der Waals surface area contributed by atoms with E-state index in [1.54, 1.807) is 19.4 Å². The lowest BCUT2D eigenvalue weighted by Gasteiger charge is -2.32. The van der Waals surface area contributed by atoms with Crippen LogP contribution in [0.2, 0.25) is 0 Å². The number of rotatable bonds is 6. The van der Waals surface area contributed by atoms with Crippen molar-refractivity contribution in [3.63, 3.8) is 0 Å². The van der Waals surface area contributed by atoms with E-state index in [1.165, 1.54) is 14.2 Å². The van der Waals surface area contributed by atoms with Crippen LogP contribution in [0.1, 0.15) is 22.7 Å². The first-order valence-electron chi connectivity index (χ1n) is 9.73. The van der Waals surface area contributed by atoms with E-state index in [1.807, 2.05) is 59.5 Å². The molecule has 0 aliphatic carbocycles. The average Bonchev–Trinajstić information content (AvgIpc) is 2.80. The van der Waals surface area contributed by atoms with Crippen molar-refractivity contribution in [3.8, 4) is 5.75 Å². The molecule has 0 amide bonds. The van der Waals surface area contributed by atoms with Crippen molar-refractivity contribution in [3.05, 3.63) is 95.2 Å². The van der Waals surface area contributed by atoms with Gasteiger partial charge in [-0.25, -0.2) is 9.59 Å². The monoisotopic (exact) mass is 419 g/mol. The Hall–Kier alpha value is -3.80. The van der Waals surface area contributed by atoms with Gasteiger partial charge in [0.15, 0.2) is 0 Å². The Labute approximate surface area is 182 Å². The van der Waals surface area contributed by atoms with Crippen LogP contribution in [0.5, 0.6) is 5.75 Å². The molecule has 0 saturated carbocycles. The summed E-state index contributed by atoms with van der Waals surface area (Å²) in [5.74, 6) is -0.491. The van der Waals surface area contributed by atoms with Gasteiger partial charge in [0.2, 0.25) is 0 Å². The van der Waals surface area contributed by atoms with Crippen LogP contribution in [-0.2, 0) is 25.6 Å². The Bertz CT molecular complexity index is 1040. The molecule has 3 rings (SSSR count). The summed E-state index contributed by atoms with van der Waals surface area (Å²) in [4.78, 5) is 27.2. The molecular weight excluding hydrogens is 394 g/mol. The van der Waals surface area contributed by atoms with Gasteiger partial charge >= 0.3 is 11.9 Å². The summed E-state index contributed by atoms with van der Waals surface area (Å²) in [6.45, 7) is 4.48. The van der Waals surface area contributed by atoms with Crippen molar-refractivity contribution in [1.29, 1.82) is 0 Å². The molecule has 1 aliphatic rings. The highest BCUT2D eigenvalue weighted by atomic mass is 16.5. The van der Waals surface area contributed by atoms with E-state index >= 15 is 0 Å². The number of methoxy groups -OCH3 is 3. The van der Waals surface area contributed by atoms with E-state index in [9.17, 15) is 9.59 Å². The first-order chi connectivity index (χ1) is 15.0. The lowest BCUT2D eigenvalue weighted by atomic mass is 9.93. The zero-order valence-electron chi connectivity index (χ0n) is 17.8. The van der Waals surface area contributed by atoms with Crippen molar-refractivity contribution >= 4 is 18.0 Å². The second kappa shape index (κ2) is 9.80. The largest absolute Gasteiger partial charge is 0.497 e. The Morgan fingerprint density at radius 3 is 2.23 bits per heavy atom. The molecule has 0 aromatic heterocycles. The fraction of sp³-hybridized carbons (Fsp3) is 0.200. The molecule has 6 nitrogen and oxygen atoms in total. The molecule has 0 radical (unpaired) electrons. The van der Waals surface area contributed by atoms with Crippen LogP contribution < -0.4 is 4.74 Å². The van der Waals surface area contributed by atoms with Gasteiger partial charge in [0.25, 0.3) is 0 Å². The number of benzene rings is 2. The highest BCUT2D eigenvalue weighted by Gasteiger charge is 2.28. The molecule has 0 bridgehead atoms. The fourth-order valence-corrected chi connectivity index (χ4v) is 3.54. The molecule has 1 atom stereocenters. The Kier molecular flexibility index (Phi) is 6.92. The third kappa shape index (κ3) is 4.69. The first kappa shape index (κ1) is 21.9. The van der Waals surface area contributed by atoms with E-state index < -0.39 is 11.9 Å². The summed E-state index contributed by atoms with van der Waals surface area (Å²) in [7, 11) is 4.18. The highest BCUT2D eigenvalue weighted by molar-refractivity contribution is 6.10. The van der Waals surface area contributed by atoms with Crippen molar-refractivity contribution < 1.29 is 23.8 Å². The minimum atomic E-state index is -0.626. The van der Waals surface area contributed by atoms with Gasteiger partial charge in [-0.05, 0) is 34.9 Å². The quantitative estimate of drug-likeness (QED) is 0.520. The Morgan fingerprint density at radius 2 is 1.61 bits per heavy atom. The standard InChI is InChI=1S/C25H25NO5/c1-5-23-20-9-7-6-8-18(20)14-21(24(27)30-3)22(25(28)31-4)16-26(23)15-17-10-12-19(29-2)13-11-17/h5-14,16,23H,1,15H2,2-4H3/b21-14+,22-16+. The maximum Gasteiger partial charge on any atom is 0.340 e. The van der Waals surface area contributed by atoms with E-state index in [2.05, 4.69) is 6.58 Å². The zero-order valence-corrected chi connectivity index (χ0v) is 17.8. The van der Waals surface area contributed by atoms with Gasteiger partial charge in [-0.3, -0.25) is 0 Å². The molecule has 31 heavy (non-hydrogen) atoms. The molecule has 1 heterocycles. The van der Waals surface area contributed by atoms with E-state index in [4.69, 9.17) is 14.2 Å². The number of hydrogen-bond acceptors (Lipinski definition) is 6. The van der Waals surface area contributed by atoms with Crippen molar-refractivity contribution in [2.75, 3.05) is 21.3 Å². The molecule has 0 fully saturated rings. The fourth-order valence-electron chi connectivity index (χ4n) is 3.54. The molecule has 2 aromatic rings. The normalized spacial score (nSPS) is 18.8. The Balaban J connectivity index is 2.19. The molecule has 160 valence electrons.